The second kappa shape index (κ2) is 6.70. The number of nitrogen functional groups attached to an aromatic ring is 1. The molecule has 0 aliphatic rings. The van der Waals surface area contributed by atoms with E-state index in [0.717, 1.165) is 12.8 Å². The Kier molecular flexibility index (Phi) is 5.54. The average Bonchev–Trinajstić information content (AvgIpc) is 2.44. The Morgan fingerprint density at radius 2 is 2.05 bits per heavy atom. The minimum Gasteiger partial charge on any atom is -0.505 e. The number of anilines is 1. The highest BCUT2D eigenvalue weighted by molar-refractivity contribution is 8.00. The van der Waals surface area contributed by atoms with Crippen LogP contribution in [-0.2, 0) is 0 Å². The zero-order valence-corrected chi connectivity index (χ0v) is 12.5. The van der Waals surface area contributed by atoms with Crippen LogP contribution < -0.4 is 11.1 Å². The van der Waals surface area contributed by atoms with Gasteiger partial charge in [-0.25, -0.2) is 0 Å². The van der Waals surface area contributed by atoms with E-state index in [1.54, 1.807) is 30.0 Å². The van der Waals surface area contributed by atoms with Gasteiger partial charge in [0, 0.05) is 11.3 Å². The molecule has 1 aromatic carbocycles. The van der Waals surface area contributed by atoms with Gasteiger partial charge in [-0.05, 0) is 31.2 Å². The van der Waals surface area contributed by atoms with Crippen molar-refractivity contribution in [1.29, 1.82) is 0 Å². The Hall–Kier alpha value is -1.36. The van der Waals surface area contributed by atoms with Crippen LogP contribution in [0.3, 0.4) is 0 Å². The standard InChI is InChI=1S/C14H22N2O2S/c1-4-14(5-2,19-3)9-16-13(18)10-7-6-8-11(15)12(10)17/h6-8,17H,4-5,9,15H2,1-3H3,(H,16,18). The van der Waals surface area contributed by atoms with Crippen molar-refractivity contribution in [2.75, 3.05) is 18.5 Å². The smallest absolute Gasteiger partial charge is 0.255 e. The SMILES string of the molecule is CCC(CC)(CNC(=O)c1cccc(N)c1O)SC. The highest BCUT2D eigenvalue weighted by atomic mass is 32.2. The van der Waals surface area contributed by atoms with Crippen LogP contribution in [0, 0.1) is 0 Å². The molecule has 1 aromatic rings. The number of benzene rings is 1. The summed E-state index contributed by atoms with van der Waals surface area (Å²) >= 11 is 1.76. The lowest BCUT2D eigenvalue weighted by molar-refractivity contribution is 0.0946. The molecule has 0 aliphatic carbocycles. The topological polar surface area (TPSA) is 75.4 Å². The minimum absolute atomic E-state index is 0.0472. The van der Waals surface area contributed by atoms with E-state index in [2.05, 4.69) is 25.4 Å². The molecule has 1 rings (SSSR count). The summed E-state index contributed by atoms with van der Waals surface area (Å²) in [4.78, 5) is 12.1. The van der Waals surface area contributed by atoms with Crippen molar-refractivity contribution >= 4 is 23.4 Å². The summed E-state index contributed by atoms with van der Waals surface area (Å²) in [6.45, 7) is 4.81. The second-order valence-electron chi connectivity index (χ2n) is 4.52. The largest absolute Gasteiger partial charge is 0.505 e. The van der Waals surface area contributed by atoms with Gasteiger partial charge in [0.05, 0.1) is 11.3 Å². The molecule has 0 heterocycles. The molecule has 0 saturated heterocycles. The lowest BCUT2D eigenvalue weighted by Gasteiger charge is -2.29. The highest BCUT2D eigenvalue weighted by Gasteiger charge is 2.26. The number of phenolic OH excluding ortho intramolecular Hbond substituents is 1. The number of nitrogens with two attached hydrogens (primary N) is 1. The molecule has 0 radical (unpaired) electrons. The quantitative estimate of drug-likeness (QED) is 0.554. The number of phenols is 1. The maximum atomic E-state index is 12.1. The van der Waals surface area contributed by atoms with Gasteiger partial charge in [-0.3, -0.25) is 4.79 Å². The Labute approximate surface area is 118 Å². The fourth-order valence-corrected chi connectivity index (χ4v) is 2.74. The number of hydrogen-bond acceptors (Lipinski definition) is 4. The van der Waals surface area contributed by atoms with Crippen LogP contribution in [0.4, 0.5) is 5.69 Å². The van der Waals surface area contributed by atoms with E-state index >= 15 is 0 Å². The number of nitrogens with one attached hydrogen (secondary N) is 1. The summed E-state index contributed by atoms with van der Waals surface area (Å²) in [5.41, 5.74) is 6.03. The molecule has 0 atom stereocenters. The molecule has 0 unspecified atom stereocenters. The van der Waals surface area contributed by atoms with Crippen LogP contribution in [0.15, 0.2) is 18.2 Å². The average molecular weight is 282 g/mol. The number of hydrogen-bond donors (Lipinski definition) is 3. The third kappa shape index (κ3) is 3.56. The maximum absolute atomic E-state index is 12.1. The Balaban J connectivity index is 2.78. The Morgan fingerprint density at radius 3 is 2.58 bits per heavy atom. The molecular weight excluding hydrogens is 260 g/mol. The normalized spacial score (nSPS) is 11.3. The van der Waals surface area contributed by atoms with Gasteiger partial charge in [0.25, 0.3) is 5.91 Å². The monoisotopic (exact) mass is 282 g/mol. The predicted octanol–water partition coefficient (Wildman–Crippen LogP) is 2.63. The molecule has 4 nitrogen and oxygen atoms in total. The maximum Gasteiger partial charge on any atom is 0.255 e. The summed E-state index contributed by atoms with van der Waals surface area (Å²) in [7, 11) is 0. The molecule has 106 valence electrons. The van der Waals surface area contributed by atoms with Crippen molar-refractivity contribution in [2.24, 2.45) is 0 Å². The van der Waals surface area contributed by atoms with E-state index in [4.69, 9.17) is 5.73 Å². The van der Waals surface area contributed by atoms with E-state index < -0.39 is 0 Å². The number of thioether (sulfide) groups is 1. The van der Waals surface area contributed by atoms with Crippen molar-refractivity contribution in [3.63, 3.8) is 0 Å². The number of aromatic hydroxyl groups is 1. The molecule has 1 amide bonds. The van der Waals surface area contributed by atoms with Crippen LogP contribution in [0.2, 0.25) is 0 Å². The molecular formula is C14H22N2O2S. The number of rotatable bonds is 6. The zero-order chi connectivity index (χ0) is 14.5. The lowest BCUT2D eigenvalue weighted by Crippen LogP contribution is -2.39. The molecule has 0 saturated carbocycles. The Bertz CT molecular complexity index is 437. The van der Waals surface area contributed by atoms with Gasteiger partial charge in [0.2, 0.25) is 0 Å². The summed E-state index contributed by atoms with van der Waals surface area (Å²) in [5, 5.41) is 12.7. The molecule has 0 aliphatic heterocycles. The Morgan fingerprint density at radius 1 is 1.42 bits per heavy atom. The van der Waals surface area contributed by atoms with Crippen molar-refractivity contribution in [2.45, 2.75) is 31.4 Å². The summed E-state index contributed by atoms with van der Waals surface area (Å²) in [6, 6.07) is 4.79. The molecule has 4 N–H and O–H groups in total. The minimum atomic E-state index is -0.287. The van der Waals surface area contributed by atoms with Gasteiger partial charge in [0.15, 0.2) is 5.75 Å². The number of para-hydroxylation sites is 1. The number of carbonyl (C=O) groups excluding carboxylic acids is 1. The van der Waals surface area contributed by atoms with Crippen molar-refractivity contribution in [3.8, 4) is 5.75 Å². The molecule has 0 spiro atoms. The van der Waals surface area contributed by atoms with E-state index in [1.165, 1.54) is 0 Å². The predicted molar refractivity (Wildman–Crippen MR) is 81.7 cm³/mol. The van der Waals surface area contributed by atoms with Gasteiger partial charge in [-0.15, -0.1) is 0 Å². The molecule has 0 fully saturated rings. The van der Waals surface area contributed by atoms with Crippen LogP contribution in [0.1, 0.15) is 37.0 Å². The van der Waals surface area contributed by atoms with E-state index in [0.29, 0.717) is 6.54 Å². The van der Waals surface area contributed by atoms with Gasteiger partial charge >= 0.3 is 0 Å². The van der Waals surface area contributed by atoms with Crippen LogP contribution in [-0.4, -0.2) is 28.6 Å². The molecule has 0 bridgehead atoms. The number of amides is 1. The zero-order valence-electron chi connectivity index (χ0n) is 11.7. The highest BCUT2D eigenvalue weighted by Crippen LogP contribution is 2.30. The van der Waals surface area contributed by atoms with Gasteiger partial charge in [-0.2, -0.15) is 11.8 Å². The lowest BCUT2D eigenvalue weighted by atomic mass is 10.0. The van der Waals surface area contributed by atoms with Crippen LogP contribution in [0.25, 0.3) is 0 Å². The molecule has 0 aromatic heterocycles. The molecule has 5 heteroatoms. The first kappa shape index (κ1) is 15.7. The first-order valence-electron chi connectivity index (χ1n) is 6.40. The van der Waals surface area contributed by atoms with E-state index in [-0.39, 0.29) is 27.7 Å². The van der Waals surface area contributed by atoms with Crippen molar-refractivity contribution < 1.29 is 9.90 Å². The third-order valence-electron chi connectivity index (χ3n) is 3.60. The second-order valence-corrected chi connectivity index (χ2v) is 5.79. The summed E-state index contributed by atoms with van der Waals surface area (Å²) in [6.07, 6.45) is 4.01. The van der Waals surface area contributed by atoms with Crippen LogP contribution >= 0.6 is 11.8 Å². The first-order valence-corrected chi connectivity index (χ1v) is 7.63. The number of carbonyl (C=O) groups is 1. The van der Waals surface area contributed by atoms with E-state index in [1.807, 2.05) is 0 Å². The van der Waals surface area contributed by atoms with Crippen molar-refractivity contribution in [1.82, 2.24) is 5.32 Å². The third-order valence-corrected chi connectivity index (χ3v) is 5.19. The molecule has 19 heavy (non-hydrogen) atoms. The fourth-order valence-electron chi connectivity index (χ4n) is 1.94. The summed E-state index contributed by atoms with van der Waals surface area (Å²) in [5.74, 6) is -0.437. The van der Waals surface area contributed by atoms with Gasteiger partial charge in [-0.1, -0.05) is 19.9 Å². The summed E-state index contributed by atoms with van der Waals surface area (Å²) < 4.78 is 0.0472. The van der Waals surface area contributed by atoms with Gasteiger partial charge in [0.1, 0.15) is 0 Å². The first-order chi connectivity index (χ1) is 8.99. The van der Waals surface area contributed by atoms with Gasteiger partial charge < -0.3 is 16.2 Å². The van der Waals surface area contributed by atoms with Crippen molar-refractivity contribution in [3.05, 3.63) is 23.8 Å². The van der Waals surface area contributed by atoms with Crippen LogP contribution in [0.5, 0.6) is 5.75 Å². The fraction of sp³-hybridized carbons (Fsp3) is 0.500. The van der Waals surface area contributed by atoms with E-state index in [9.17, 15) is 9.90 Å².